The van der Waals surface area contributed by atoms with E-state index in [0.717, 1.165) is 27.7 Å². The fourth-order valence-corrected chi connectivity index (χ4v) is 2.47. The SMILES string of the molecule is CC(=O)Nc1ccc(C)cc1-c1c[nH]c2ccccc12. The van der Waals surface area contributed by atoms with Crippen molar-refractivity contribution in [3.63, 3.8) is 0 Å². The van der Waals surface area contributed by atoms with Gasteiger partial charge in [-0.2, -0.15) is 0 Å². The Morgan fingerprint density at radius 1 is 1.10 bits per heavy atom. The fourth-order valence-electron chi connectivity index (χ4n) is 2.47. The summed E-state index contributed by atoms with van der Waals surface area (Å²) in [6.07, 6.45) is 1.99. The number of aromatic nitrogens is 1. The van der Waals surface area contributed by atoms with Gasteiger partial charge < -0.3 is 10.3 Å². The molecular weight excluding hydrogens is 248 g/mol. The van der Waals surface area contributed by atoms with Crippen LogP contribution in [0.3, 0.4) is 0 Å². The highest BCUT2D eigenvalue weighted by molar-refractivity contribution is 6.02. The van der Waals surface area contributed by atoms with Crippen LogP contribution >= 0.6 is 0 Å². The van der Waals surface area contributed by atoms with Gasteiger partial charge in [-0.1, -0.05) is 29.8 Å². The van der Waals surface area contributed by atoms with Crippen LogP contribution in [0.25, 0.3) is 22.0 Å². The molecule has 0 fully saturated rings. The van der Waals surface area contributed by atoms with Gasteiger partial charge in [0, 0.05) is 40.8 Å². The molecule has 1 heterocycles. The Bertz CT molecular complexity index is 787. The molecule has 2 aromatic carbocycles. The highest BCUT2D eigenvalue weighted by Gasteiger charge is 2.11. The van der Waals surface area contributed by atoms with Crippen molar-refractivity contribution in [1.82, 2.24) is 4.98 Å². The zero-order valence-electron chi connectivity index (χ0n) is 11.5. The molecule has 3 nitrogen and oxygen atoms in total. The Labute approximate surface area is 117 Å². The molecule has 1 amide bonds. The van der Waals surface area contributed by atoms with Gasteiger partial charge in [0.2, 0.25) is 5.91 Å². The normalized spacial score (nSPS) is 10.7. The molecule has 0 unspecified atom stereocenters. The summed E-state index contributed by atoms with van der Waals surface area (Å²) in [5, 5.41) is 4.06. The molecule has 0 spiro atoms. The minimum Gasteiger partial charge on any atom is -0.361 e. The number of amides is 1. The molecule has 0 radical (unpaired) electrons. The molecule has 0 atom stereocenters. The van der Waals surface area contributed by atoms with Crippen molar-refractivity contribution in [2.45, 2.75) is 13.8 Å². The summed E-state index contributed by atoms with van der Waals surface area (Å²) in [5.41, 5.74) is 5.25. The van der Waals surface area contributed by atoms with E-state index < -0.39 is 0 Å². The number of fused-ring (bicyclic) bond motifs is 1. The number of hydrogen-bond acceptors (Lipinski definition) is 1. The van der Waals surface area contributed by atoms with Gasteiger partial charge >= 0.3 is 0 Å². The molecule has 3 aromatic rings. The number of benzene rings is 2. The summed E-state index contributed by atoms with van der Waals surface area (Å²) in [5.74, 6) is -0.0602. The first-order chi connectivity index (χ1) is 9.65. The van der Waals surface area contributed by atoms with Gasteiger partial charge in [-0.25, -0.2) is 0 Å². The lowest BCUT2D eigenvalue weighted by molar-refractivity contribution is -0.114. The Morgan fingerprint density at radius 2 is 1.90 bits per heavy atom. The second-order valence-electron chi connectivity index (χ2n) is 4.98. The number of rotatable bonds is 2. The number of anilines is 1. The molecular formula is C17H16N2O. The standard InChI is InChI=1S/C17H16N2O/c1-11-7-8-17(19-12(2)20)14(9-11)15-10-18-16-6-4-3-5-13(15)16/h3-10,18H,1-2H3,(H,19,20). The molecule has 0 saturated carbocycles. The number of nitrogens with one attached hydrogen (secondary N) is 2. The van der Waals surface area contributed by atoms with Gasteiger partial charge in [0.05, 0.1) is 0 Å². The second kappa shape index (κ2) is 4.85. The molecule has 0 aliphatic carbocycles. The third-order valence-corrected chi connectivity index (χ3v) is 3.37. The molecule has 20 heavy (non-hydrogen) atoms. The van der Waals surface area contributed by atoms with Crippen LogP contribution in [0.2, 0.25) is 0 Å². The molecule has 0 bridgehead atoms. The minimum atomic E-state index is -0.0602. The lowest BCUT2D eigenvalue weighted by Crippen LogP contribution is -2.06. The number of aromatic amines is 1. The van der Waals surface area contributed by atoms with Crippen molar-refractivity contribution in [1.29, 1.82) is 0 Å². The Hall–Kier alpha value is -2.55. The maximum Gasteiger partial charge on any atom is 0.221 e. The van der Waals surface area contributed by atoms with Crippen molar-refractivity contribution in [3.8, 4) is 11.1 Å². The van der Waals surface area contributed by atoms with Crippen LogP contribution in [0.1, 0.15) is 12.5 Å². The Kier molecular flexibility index (Phi) is 3.03. The highest BCUT2D eigenvalue weighted by Crippen LogP contribution is 2.34. The maximum atomic E-state index is 11.4. The molecule has 1 aromatic heterocycles. The van der Waals surface area contributed by atoms with E-state index in [4.69, 9.17) is 0 Å². The molecule has 0 saturated heterocycles. The van der Waals surface area contributed by atoms with Gasteiger partial charge in [-0.15, -0.1) is 0 Å². The lowest BCUT2D eigenvalue weighted by atomic mass is 10.0. The summed E-state index contributed by atoms with van der Waals surface area (Å²) in [6, 6.07) is 14.2. The Morgan fingerprint density at radius 3 is 2.70 bits per heavy atom. The topological polar surface area (TPSA) is 44.9 Å². The molecule has 0 aliphatic rings. The third kappa shape index (κ3) is 2.18. The van der Waals surface area contributed by atoms with Crippen LogP contribution in [0.4, 0.5) is 5.69 Å². The van der Waals surface area contributed by atoms with E-state index in [1.807, 2.05) is 36.5 Å². The molecule has 3 heteroatoms. The minimum absolute atomic E-state index is 0.0602. The molecule has 3 rings (SSSR count). The summed E-state index contributed by atoms with van der Waals surface area (Å²) in [4.78, 5) is 14.6. The fraction of sp³-hybridized carbons (Fsp3) is 0.118. The van der Waals surface area contributed by atoms with E-state index in [1.54, 1.807) is 0 Å². The monoisotopic (exact) mass is 264 g/mol. The van der Waals surface area contributed by atoms with Crippen molar-refractivity contribution in [2.24, 2.45) is 0 Å². The highest BCUT2D eigenvalue weighted by atomic mass is 16.1. The second-order valence-corrected chi connectivity index (χ2v) is 4.98. The number of H-pyrrole nitrogens is 1. The van der Waals surface area contributed by atoms with Crippen LogP contribution in [0.5, 0.6) is 0 Å². The first kappa shape index (κ1) is 12.5. The summed E-state index contributed by atoms with van der Waals surface area (Å²) in [6.45, 7) is 3.58. The Balaban J connectivity index is 2.22. The lowest BCUT2D eigenvalue weighted by Gasteiger charge is -2.10. The number of aryl methyl sites for hydroxylation is 1. The number of carbonyl (C=O) groups excluding carboxylic acids is 1. The van der Waals surface area contributed by atoms with Crippen molar-refractivity contribution in [3.05, 3.63) is 54.2 Å². The number of para-hydroxylation sites is 1. The van der Waals surface area contributed by atoms with E-state index in [9.17, 15) is 4.79 Å². The average Bonchev–Trinajstić information content (AvgIpc) is 2.84. The van der Waals surface area contributed by atoms with Crippen molar-refractivity contribution >= 4 is 22.5 Å². The van der Waals surface area contributed by atoms with Gasteiger partial charge in [-0.3, -0.25) is 4.79 Å². The first-order valence-electron chi connectivity index (χ1n) is 6.60. The van der Waals surface area contributed by atoms with E-state index in [0.29, 0.717) is 0 Å². The van der Waals surface area contributed by atoms with E-state index in [-0.39, 0.29) is 5.91 Å². The largest absolute Gasteiger partial charge is 0.361 e. The van der Waals surface area contributed by atoms with Crippen LogP contribution in [0, 0.1) is 6.92 Å². The summed E-state index contributed by atoms with van der Waals surface area (Å²) < 4.78 is 0. The van der Waals surface area contributed by atoms with Crippen molar-refractivity contribution < 1.29 is 4.79 Å². The number of carbonyl (C=O) groups is 1. The molecule has 2 N–H and O–H groups in total. The molecule has 0 aliphatic heterocycles. The summed E-state index contributed by atoms with van der Waals surface area (Å²) in [7, 11) is 0. The van der Waals surface area contributed by atoms with Crippen molar-refractivity contribution in [2.75, 3.05) is 5.32 Å². The van der Waals surface area contributed by atoms with Gasteiger partial charge in [-0.05, 0) is 25.1 Å². The number of hydrogen-bond donors (Lipinski definition) is 2. The third-order valence-electron chi connectivity index (χ3n) is 3.37. The quantitative estimate of drug-likeness (QED) is 0.719. The van der Waals surface area contributed by atoms with Crippen LogP contribution in [-0.4, -0.2) is 10.9 Å². The van der Waals surface area contributed by atoms with Crippen LogP contribution < -0.4 is 5.32 Å². The average molecular weight is 264 g/mol. The van der Waals surface area contributed by atoms with E-state index in [1.165, 1.54) is 12.5 Å². The molecule has 100 valence electrons. The summed E-state index contributed by atoms with van der Waals surface area (Å²) >= 11 is 0. The predicted octanol–water partition coefficient (Wildman–Crippen LogP) is 4.10. The maximum absolute atomic E-state index is 11.4. The van der Waals surface area contributed by atoms with Gasteiger partial charge in [0.15, 0.2) is 0 Å². The van der Waals surface area contributed by atoms with Gasteiger partial charge in [0.25, 0.3) is 0 Å². The first-order valence-corrected chi connectivity index (χ1v) is 6.60. The zero-order chi connectivity index (χ0) is 14.1. The van der Waals surface area contributed by atoms with Crippen LogP contribution in [-0.2, 0) is 4.79 Å². The predicted molar refractivity (Wildman–Crippen MR) is 82.8 cm³/mol. The smallest absolute Gasteiger partial charge is 0.221 e. The van der Waals surface area contributed by atoms with Crippen LogP contribution in [0.15, 0.2) is 48.7 Å². The van der Waals surface area contributed by atoms with E-state index >= 15 is 0 Å². The zero-order valence-corrected chi connectivity index (χ0v) is 11.5. The van der Waals surface area contributed by atoms with E-state index in [2.05, 4.69) is 29.4 Å². The van der Waals surface area contributed by atoms with Gasteiger partial charge in [0.1, 0.15) is 0 Å².